The average molecular weight is 160 g/mol. The number of aliphatic carboxylic acids is 2. The van der Waals surface area contributed by atoms with Crippen molar-refractivity contribution in [2.75, 3.05) is 0 Å². The van der Waals surface area contributed by atoms with Gasteiger partial charge in [0, 0.05) is 0 Å². The van der Waals surface area contributed by atoms with Crippen LogP contribution in [0.1, 0.15) is 0 Å². The molecule has 0 aliphatic rings. The van der Waals surface area contributed by atoms with Crippen LogP contribution in [0.15, 0.2) is 0 Å². The maximum atomic E-state index is 9.51. The van der Waals surface area contributed by atoms with Crippen LogP contribution in [0.2, 0.25) is 0 Å². The van der Waals surface area contributed by atoms with Gasteiger partial charge in [-0.25, -0.2) is 9.59 Å². The van der Waals surface area contributed by atoms with Crippen LogP contribution in [0, 0.1) is 0 Å². The Labute approximate surface area is 93.1 Å². The summed E-state index contributed by atoms with van der Waals surface area (Å²) in [6.45, 7) is 0. The number of carboxylic acid groups (broad SMARTS) is 2. The van der Waals surface area contributed by atoms with Crippen molar-refractivity contribution in [1.29, 1.82) is 0 Å². The van der Waals surface area contributed by atoms with Gasteiger partial charge in [-0.1, -0.05) is 0 Å². The number of carboxylic acids is 2. The second-order valence-corrected chi connectivity index (χ2v) is 1.08. The topological polar surface area (TPSA) is 94.8 Å². The third kappa shape index (κ3) is 5.00. The molecule has 0 heterocycles. The summed E-state index contributed by atoms with van der Waals surface area (Å²) >= 11 is 0. The van der Waals surface area contributed by atoms with E-state index in [2.05, 4.69) is 0 Å². The van der Waals surface area contributed by atoms with Gasteiger partial charge in [0.15, 0.2) is 0 Å². The van der Waals surface area contributed by atoms with Gasteiger partial charge >= 0.3 is 63.3 Å². The van der Waals surface area contributed by atoms with E-state index < -0.39 is 18.0 Å². The monoisotopic (exact) mass is 160 g/mol. The molecule has 5 nitrogen and oxygen atoms in total. The molecule has 0 fully saturated rings. The Balaban J connectivity index is 0. The number of carbonyl (C=O) groups is 2. The standard InChI is InChI=1S/C3H4O5.K.H/c4-1(2(5)6)3(7)8;;/h1,4H,(H,5,6)(H,7,8);;. The summed E-state index contributed by atoms with van der Waals surface area (Å²) in [5, 5.41) is 23.4. The molecule has 0 bridgehead atoms. The Morgan fingerprint density at radius 3 is 1.33 bits per heavy atom. The summed E-state index contributed by atoms with van der Waals surface area (Å²) in [4.78, 5) is 19.0. The molecule has 0 saturated heterocycles. The third-order valence-corrected chi connectivity index (χ3v) is 0.468. The Bertz CT molecular complexity index is 107. The second kappa shape index (κ2) is 5.33. The molecule has 0 saturated carbocycles. The first kappa shape index (κ1) is 12.2. The minimum atomic E-state index is -2.30. The Morgan fingerprint density at radius 1 is 1.11 bits per heavy atom. The maximum absolute atomic E-state index is 9.51. The van der Waals surface area contributed by atoms with Crippen LogP contribution in [-0.4, -0.2) is 84.7 Å². The van der Waals surface area contributed by atoms with E-state index in [1.807, 2.05) is 0 Å². The summed E-state index contributed by atoms with van der Waals surface area (Å²) < 4.78 is 0. The summed E-state index contributed by atoms with van der Waals surface area (Å²) in [6, 6.07) is 0. The SMILES string of the molecule is O=C(O)C(O)C(=O)O.[KH]. The van der Waals surface area contributed by atoms with E-state index in [-0.39, 0.29) is 51.4 Å². The van der Waals surface area contributed by atoms with E-state index in [1.54, 1.807) is 0 Å². The quantitative estimate of drug-likeness (QED) is 0.317. The zero-order valence-corrected chi connectivity index (χ0v) is 3.74. The van der Waals surface area contributed by atoms with Crippen molar-refractivity contribution in [3.8, 4) is 0 Å². The molecule has 9 heavy (non-hydrogen) atoms. The van der Waals surface area contributed by atoms with Gasteiger partial charge in [0.1, 0.15) is 0 Å². The van der Waals surface area contributed by atoms with Gasteiger partial charge in [-0.05, 0) is 0 Å². The van der Waals surface area contributed by atoms with Crippen molar-refractivity contribution in [1.82, 2.24) is 0 Å². The zero-order valence-electron chi connectivity index (χ0n) is 3.74. The fourth-order valence-electron chi connectivity index (χ4n) is 0.106. The molecule has 0 unspecified atom stereocenters. The van der Waals surface area contributed by atoms with Gasteiger partial charge in [-0.3, -0.25) is 0 Å². The molecule has 6 heteroatoms. The summed E-state index contributed by atoms with van der Waals surface area (Å²) in [7, 11) is 0. The molecule has 0 amide bonds. The molecule has 48 valence electrons. The average Bonchev–Trinajstić information content (AvgIpc) is 1.64. The molecular weight excluding hydrogens is 155 g/mol. The van der Waals surface area contributed by atoms with Crippen LogP contribution in [-0.2, 0) is 9.59 Å². The summed E-state index contributed by atoms with van der Waals surface area (Å²) in [6.07, 6.45) is -2.30. The van der Waals surface area contributed by atoms with Crippen LogP contribution in [0.3, 0.4) is 0 Å². The van der Waals surface area contributed by atoms with E-state index in [0.29, 0.717) is 0 Å². The van der Waals surface area contributed by atoms with Crippen LogP contribution in [0.25, 0.3) is 0 Å². The molecule has 3 N–H and O–H groups in total. The Hall–Kier alpha value is 0.536. The third-order valence-electron chi connectivity index (χ3n) is 0.468. The molecule has 0 aromatic heterocycles. The van der Waals surface area contributed by atoms with E-state index in [1.165, 1.54) is 0 Å². The molecule has 0 atom stereocenters. The minimum absolute atomic E-state index is 0. The summed E-state index contributed by atoms with van der Waals surface area (Å²) in [5.74, 6) is -3.50. The second-order valence-electron chi connectivity index (χ2n) is 1.08. The van der Waals surface area contributed by atoms with Gasteiger partial charge in [-0.2, -0.15) is 0 Å². The Morgan fingerprint density at radius 2 is 1.33 bits per heavy atom. The number of rotatable bonds is 2. The first-order chi connectivity index (χ1) is 3.55. The van der Waals surface area contributed by atoms with E-state index in [0.717, 1.165) is 0 Å². The molecule has 0 aliphatic heterocycles. The molecule has 0 radical (unpaired) electrons. The molecule has 0 aliphatic carbocycles. The summed E-state index contributed by atoms with van der Waals surface area (Å²) in [5.41, 5.74) is 0. The predicted molar refractivity (Wildman–Crippen MR) is 28.4 cm³/mol. The van der Waals surface area contributed by atoms with Gasteiger partial charge in [0.05, 0.1) is 0 Å². The first-order valence-corrected chi connectivity index (χ1v) is 1.69. The fourth-order valence-corrected chi connectivity index (χ4v) is 0.106. The fraction of sp³-hybridized carbons (Fsp3) is 0.333. The molecular formula is C3H5KO5. The van der Waals surface area contributed by atoms with E-state index >= 15 is 0 Å². The van der Waals surface area contributed by atoms with Crippen molar-refractivity contribution in [2.24, 2.45) is 0 Å². The van der Waals surface area contributed by atoms with Gasteiger partial charge < -0.3 is 15.3 Å². The van der Waals surface area contributed by atoms with Crippen molar-refractivity contribution in [2.45, 2.75) is 6.10 Å². The van der Waals surface area contributed by atoms with Crippen molar-refractivity contribution in [3.05, 3.63) is 0 Å². The number of aliphatic hydroxyl groups is 1. The van der Waals surface area contributed by atoms with Gasteiger partial charge in [0.2, 0.25) is 6.10 Å². The molecule has 0 spiro atoms. The van der Waals surface area contributed by atoms with E-state index in [9.17, 15) is 9.59 Å². The first-order valence-electron chi connectivity index (χ1n) is 1.69. The normalized spacial score (nSPS) is 8.22. The predicted octanol–water partition coefficient (Wildman–Crippen LogP) is -2.13. The molecule has 0 rings (SSSR count). The van der Waals surface area contributed by atoms with Crippen LogP contribution in [0.5, 0.6) is 0 Å². The molecule has 0 aromatic rings. The number of hydrogen-bond donors (Lipinski definition) is 3. The van der Waals surface area contributed by atoms with Crippen molar-refractivity contribution < 1.29 is 24.9 Å². The van der Waals surface area contributed by atoms with Crippen molar-refractivity contribution >= 4 is 63.3 Å². The van der Waals surface area contributed by atoms with E-state index in [4.69, 9.17) is 15.3 Å². The zero-order chi connectivity index (χ0) is 6.73. The van der Waals surface area contributed by atoms with Crippen LogP contribution in [0.4, 0.5) is 0 Å². The number of aliphatic hydroxyl groups excluding tert-OH is 1. The van der Waals surface area contributed by atoms with Crippen LogP contribution < -0.4 is 0 Å². The van der Waals surface area contributed by atoms with Crippen molar-refractivity contribution in [3.63, 3.8) is 0 Å². The van der Waals surface area contributed by atoms with Gasteiger partial charge in [0.25, 0.3) is 0 Å². The number of hydrogen-bond acceptors (Lipinski definition) is 3. The van der Waals surface area contributed by atoms with Crippen LogP contribution >= 0.6 is 0 Å². The Kier molecular flexibility index (Phi) is 7.25. The molecule has 0 aromatic carbocycles. The van der Waals surface area contributed by atoms with Gasteiger partial charge in [-0.15, -0.1) is 0 Å².